The largest absolute Gasteiger partial charge is 0.493 e. The van der Waals surface area contributed by atoms with E-state index in [4.69, 9.17) is 9.47 Å². The molecule has 208 valence electrons. The first kappa shape index (κ1) is 28.3. The van der Waals surface area contributed by atoms with E-state index in [-0.39, 0.29) is 10.9 Å². The van der Waals surface area contributed by atoms with E-state index in [9.17, 15) is 13.2 Å². The minimum atomic E-state index is -4.05. The summed E-state index contributed by atoms with van der Waals surface area (Å²) >= 11 is 0. The van der Waals surface area contributed by atoms with Gasteiger partial charge in [-0.1, -0.05) is 37.3 Å². The molecule has 1 saturated heterocycles. The molecule has 0 aromatic heterocycles. The molecule has 9 heteroatoms. The van der Waals surface area contributed by atoms with Gasteiger partial charge in [0, 0.05) is 24.8 Å². The molecule has 0 saturated carbocycles. The Morgan fingerprint density at radius 2 is 1.72 bits per heavy atom. The Bertz CT molecular complexity index is 1360. The summed E-state index contributed by atoms with van der Waals surface area (Å²) in [6.45, 7) is 5.87. The van der Waals surface area contributed by atoms with E-state index < -0.39 is 22.5 Å². The number of hydrogen-bond acceptors (Lipinski definition) is 6. The van der Waals surface area contributed by atoms with E-state index in [1.165, 1.54) is 44.9 Å². The van der Waals surface area contributed by atoms with Gasteiger partial charge in [-0.2, -0.15) is 0 Å². The maximum atomic E-state index is 13.7. The molecule has 1 aliphatic rings. The van der Waals surface area contributed by atoms with E-state index in [2.05, 4.69) is 29.3 Å². The second kappa shape index (κ2) is 12.4. The Morgan fingerprint density at radius 3 is 2.36 bits per heavy atom. The van der Waals surface area contributed by atoms with Crippen LogP contribution in [0.25, 0.3) is 0 Å². The molecule has 39 heavy (non-hydrogen) atoms. The minimum Gasteiger partial charge on any atom is -0.493 e. The number of hydrogen-bond donors (Lipinski definition) is 1. The molecule has 0 radical (unpaired) electrons. The summed E-state index contributed by atoms with van der Waals surface area (Å²) in [6, 6.07) is 20.7. The van der Waals surface area contributed by atoms with Crippen LogP contribution in [0.4, 0.5) is 11.4 Å². The van der Waals surface area contributed by atoms with Crippen LogP contribution in [-0.2, 0) is 14.8 Å². The number of benzene rings is 3. The van der Waals surface area contributed by atoms with Gasteiger partial charge in [0.1, 0.15) is 6.54 Å². The minimum absolute atomic E-state index is 0.0863. The number of piperidine rings is 1. The molecule has 1 fully saturated rings. The Morgan fingerprint density at radius 1 is 1.03 bits per heavy atom. The Hall–Kier alpha value is -3.72. The highest BCUT2D eigenvalue weighted by atomic mass is 32.2. The molecule has 8 nitrogen and oxygen atoms in total. The molecule has 4 rings (SSSR count). The number of methoxy groups -OCH3 is 2. The van der Waals surface area contributed by atoms with Crippen molar-refractivity contribution in [3.63, 3.8) is 0 Å². The third-order valence-corrected chi connectivity index (χ3v) is 8.85. The average molecular weight is 552 g/mol. The molecular weight excluding hydrogens is 514 g/mol. The molecule has 3 aromatic rings. The van der Waals surface area contributed by atoms with Crippen LogP contribution in [0.5, 0.6) is 11.5 Å². The van der Waals surface area contributed by atoms with Gasteiger partial charge in [-0.3, -0.25) is 9.10 Å². The summed E-state index contributed by atoms with van der Waals surface area (Å²) in [6.07, 6.45) is 2.45. The van der Waals surface area contributed by atoms with Crippen LogP contribution in [0.2, 0.25) is 0 Å². The fourth-order valence-electron chi connectivity index (χ4n) is 4.91. The van der Waals surface area contributed by atoms with E-state index in [0.29, 0.717) is 23.1 Å². The highest BCUT2D eigenvalue weighted by Crippen LogP contribution is 2.34. The van der Waals surface area contributed by atoms with Gasteiger partial charge in [-0.25, -0.2) is 8.42 Å². The first-order valence-electron chi connectivity index (χ1n) is 13.2. The lowest BCUT2D eigenvalue weighted by Gasteiger charge is -2.33. The molecule has 2 unspecified atom stereocenters. The summed E-state index contributed by atoms with van der Waals surface area (Å²) in [5.74, 6) is 1.07. The zero-order valence-electron chi connectivity index (χ0n) is 23.0. The van der Waals surface area contributed by atoms with Gasteiger partial charge in [0.05, 0.1) is 30.8 Å². The van der Waals surface area contributed by atoms with E-state index >= 15 is 0 Å². The third-order valence-electron chi connectivity index (χ3n) is 7.07. The Balaban J connectivity index is 1.53. The topological polar surface area (TPSA) is 88.2 Å². The molecule has 0 bridgehead atoms. The van der Waals surface area contributed by atoms with Crippen molar-refractivity contribution in [3.05, 3.63) is 78.4 Å². The number of nitrogens with one attached hydrogen (secondary N) is 1. The maximum Gasteiger partial charge on any atom is 0.264 e. The van der Waals surface area contributed by atoms with Gasteiger partial charge in [-0.05, 0) is 67.6 Å². The molecule has 3 aromatic carbocycles. The zero-order chi connectivity index (χ0) is 28.0. The van der Waals surface area contributed by atoms with E-state index in [1.807, 2.05) is 19.1 Å². The molecule has 1 amide bonds. The number of carbonyl (C=O) groups excluding carboxylic acids is 1. The smallest absolute Gasteiger partial charge is 0.264 e. The summed E-state index contributed by atoms with van der Waals surface area (Å²) in [7, 11) is -1.07. The van der Waals surface area contributed by atoms with Gasteiger partial charge in [0.15, 0.2) is 11.5 Å². The first-order chi connectivity index (χ1) is 18.7. The summed E-state index contributed by atoms with van der Waals surface area (Å²) < 4.78 is 39.1. The number of amides is 1. The second-order valence-electron chi connectivity index (χ2n) is 9.94. The van der Waals surface area contributed by atoms with Crippen molar-refractivity contribution in [2.45, 2.75) is 37.6 Å². The van der Waals surface area contributed by atoms with Gasteiger partial charge in [0.2, 0.25) is 5.91 Å². The fraction of sp³-hybridized carbons (Fsp3) is 0.367. The van der Waals surface area contributed by atoms with Crippen LogP contribution < -0.4 is 24.0 Å². The maximum absolute atomic E-state index is 13.7. The summed E-state index contributed by atoms with van der Waals surface area (Å²) in [4.78, 5) is 15.7. The number of sulfonamides is 1. The predicted octanol–water partition coefficient (Wildman–Crippen LogP) is 5.01. The lowest BCUT2D eigenvalue weighted by Crippen LogP contribution is -2.41. The van der Waals surface area contributed by atoms with Crippen LogP contribution in [-0.4, -0.2) is 48.2 Å². The van der Waals surface area contributed by atoms with Crippen molar-refractivity contribution < 1.29 is 22.7 Å². The third kappa shape index (κ3) is 6.65. The van der Waals surface area contributed by atoms with Crippen LogP contribution in [0.15, 0.2) is 77.7 Å². The van der Waals surface area contributed by atoms with Gasteiger partial charge in [0.25, 0.3) is 10.0 Å². The second-order valence-corrected chi connectivity index (χ2v) is 11.8. The van der Waals surface area contributed by atoms with E-state index in [1.54, 1.807) is 36.4 Å². The standard InChI is InChI=1S/C30H37N3O5S/c1-22-9-8-18-32(20-22)25-14-12-24(13-15-25)23(2)31-30(34)21-33(39(35,36)27-10-6-5-7-11-27)26-16-17-28(37-3)29(19-26)38-4/h5-7,10-17,19,22-23H,8-9,18,20-21H2,1-4H3,(H,31,34). The number of anilines is 2. The lowest BCUT2D eigenvalue weighted by molar-refractivity contribution is -0.120. The normalized spacial score (nSPS) is 16.3. The molecule has 1 aliphatic heterocycles. The quantitative estimate of drug-likeness (QED) is 0.381. The Kier molecular flexibility index (Phi) is 9.01. The molecule has 0 aliphatic carbocycles. The number of nitrogens with zero attached hydrogens (tertiary/aromatic N) is 2. The van der Waals surface area contributed by atoms with Crippen molar-refractivity contribution in [2.75, 3.05) is 43.1 Å². The van der Waals surface area contributed by atoms with Gasteiger partial charge < -0.3 is 19.7 Å². The lowest BCUT2D eigenvalue weighted by atomic mass is 9.99. The van der Waals surface area contributed by atoms with E-state index in [0.717, 1.165) is 23.0 Å². The number of rotatable bonds is 10. The molecule has 1 N–H and O–H groups in total. The predicted molar refractivity (Wildman–Crippen MR) is 154 cm³/mol. The zero-order valence-corrected chi connectivity index (χ0v) is 23.8. The molecule has 0 spiro atoms. The SMILES string of the molecule is COc1ccc(N(CC(=O)NC(C)c2ccc(N3CCCC(C)C3)cc2)S(=O)(=O)c2ccccc2)cc1OC. The highest BCUT2D eigenvalue weighted by molar-refractivity contribution is 7.92. The molecule has 2 atom stereocenters. The van der Waals surface area contributed by atoms with Crippen molar-refractivity contribution >= 4 is 27.3 Å². The van der Waals surface area contributed by atoms with Crippen LogP contribution in [0.3, 0.4) is 0 Å². The van der Waals surface area contributed by atoms with Crippen LogP contribution in [0.1, 0.15) is 38.3 Å². The molecule has 1 heterocycles. The van der Waals surface area contributed by atoms with Crippen molar-refractivity contribution in [1.29, 1.82) is 0 Å². The van der Waals surface area contributed by atoms with Crippen LogP contribution >= 0.6 is 0 Å². The average Bonchev–Trinajstić information content (AvgIpc) is 2.96. The Labute approximate surface area is 231 Å². The summed E-state index contributed by atoms with van der Waals surface area (Å²) in [5, 5.41) is 2.96. The number of carbonyl (C=O) groups is 1. The van der Waals surface area contributed by atoms with Crippen molar-refractivity contribution in [1.82, 2.24) is 5.32 Å². The number of ether oxygens (including phenoxy) is 2. The first-order valence-corrected chi connectivity index (χ1v) is 14.6. The molecular formula is C30H37N3O5S. The monoisotopic (exact) mass is 551 g/mol. The fourth-order valence-corrected chi connectivity index (χ4v) is 6.35. The van der Waals surface area contributed by atoms with Crippen molar-refractivity contribution in [3.8, 4) is 11.5 Å². The van der Waals surface area contributed by atoms with Crippen LogP contribution in [0, 0.1) is 5.92 Å². The van der Waals surface area contributed by atoms with Gasteiger partial charge >= 0.3 is 0 Å². The van der Waals surface area contributed by atoms with Gasteiger partial charge in [-0.15, -0.1) is 0 Å². The van der Waals surface area contributed by atoms with Crippen molar-refractivity contribution in [2.24, 2.45) is 5.92 Å². The highest BCUT2D eigenvalue weighted by Gasteiger charge is 2.28. The summed E-state index contributed by atoms with van der Waals surface area (Å²) in [5.41, 5.74) is 2.41.